The van der Waals surface area contributed by atoms with E-state index < -0.39 is 36.8 Å². The summed E-state index contributed by atoms with van der Waals surface area (Å²) in [5, 5.41) is 31.1. The van der Waals surface area contributed by atoms with Crippen molar-refractivity contribution in [2.75, 3.05) is 26.4 Å². The van der Waals surface area contributed by atoms with Crippen molar-refractivity contribution in [3.63, 3.8) is 0 Å². The van der Waals surface area contributed by atoms with Crippen LogP contribution in [0.4, 0.5) is 0 Å². The average Bonchev–Trinajstić information content (AvgIpc) is 3.38. The van der Waals surface area contributed by atoms with E-state index in [1.54, 1.807) is 12.1 Å². The van der Waals surface area contributed by atoms with Gasteiger partial charge < -0.3 is 30.1 Å². The standard InChI is InChI=1S/C31H34N2O6/c34-19-8-20-38-27-16-14-25(15-17-27)29-33-31(30(37)32-26(21-35)22-36,18-7-11-23-9-3-1-4-10-23)28(39-29)24-12-5-2-6-13-24/h1-7,9-17,26,28,34-36H,8,18-22H2,(H,32,37)/b11-7+/t28-,31-/m1/s1. The number of hydrogen-bond donors (Lipinski definition) is 4. The van der Waals surface area contributed by atoms with E-state index in [1.807, 2.05) is 84.9 Å². The van der Waals surface area contributed by atoms with Crippen LogP contribution in [0.25, 0.3) is 6.08 Å². The van der Waals surface area contributed by atoms with Gasteiger partial charge in [0.05, 0.1) is 25.9 Å². The maximum Gasteiger partial charge on any atom is 0.253 e. The Morgan fingerprint density at radius 2 is 1.64 bits per heavy atom. The minimum Gasteiger partial charge on any atom is -0.494 e. The largest absolute Gasteiger partial charge is 0.494 e. The molecule has 0 saturated carbocycles. The number of rotatable bonds is 13. The Bertz CT molecular complexity index is 1240. The summed E-state index contributed by atoms with van der Waals surface area (Å²) in [6, 6.07) is 25.5. The first-order valence-electron chi connectivity index (χ1n) is 13.0. The minimum atomic E-state index is -1.40. The molecular formula is C31H34N2O6. The third-order valence-corrected chi connectivity index (χ3v) is 6.45. The number of aliphatic hydroxyl groups excluding tert-OH is 3. The first-order chi connectivity index (χ1) is 19.1. The number of benzene rings is 3. The number of aliphatic hydroxyl groups is 3. The lowest BCUT2D eigenvalue weighted by Crippen LogP contribution is -2.53. The topological polar surface area (TPSA) is 121 Å². The molecule has 39 heavy (non-hydrogen) atoms. The summed E-state index contributed by atoms with van der Waals surface area (Å²) in [5.41, 5.74) is 1.02. The van der Waals surface area contributed by atoms with E-state index >= 15 is 0 Å². The number of nitrogens with zero attached hydrogens (tertiary/aromatic N) is 1. The lowest BCUT2D eigenvalue weighted by atomic mass is 9.84. The molecule has 1 heterocycles. The second kappa shape index (κ2) is 13.7. The maximum atomic E-state index is 13.9. The van der Waals surface area contributed by atoms with Crippen molar-refractivity contribution in [1.29, 1.82) is 0 Å². The SMILES string of the molecule is O=C(NC(CO)CO)[C@]1(C/C=C/c2ccccc2)N=C(c2ccc(OCCCO)cc2)O[C@@H]1c1ccccc1. The van der Waals surface area contributed by atoms with E-state index in [0.29, 0.717) is 30.2 Å². The van der Waals surface area contributed by atoms with Gasteiger partial charge in [-0.25, -0.2) is 4.99 Å². The Hall–Kier alpha value is -3.98. The van der Waals surface area contributed by atoms with Gasteiger partial charge in [-0.05, 0) is 35.4 Å². The summed E-state index contributed by atoms with van der Waals surface area (Å²) in [6.07, 6.45) is 3.81. The molecule has 3 aromatic rings. The fraction of sp³-hybridized carbons (Fsp3) is 0.290. The summed E-state index contributed by atoms with van der Waals surface area (Å²) in [7, 11) is 0. The highest BCUT2D eigenvalue weighted by Crippen LogP contribution is 2.43. The van der Waals surface area contributed by atoms with Crippen LogP contribution in [-0.2, 0) is 9.53 Å². The first-order valence-corrected chi connectivity index (χ1v) is 13.0. The number of nitrogens with one attached hydrogen (secondary N) is 1. The zero-order chi connectivity index (χ0) is 27.5. The quantitative estimate of drug-likeness (QED) is 0.252. The fourth-order valence-electron chi connectivity index (χ4n) is 4.34. The van der Waals surface area contributed by atoms with Crippen molar-refractivity contribution in [1.82, 2.24) is 5.32 Å². The Labute approximate surface area is 228 Å². The molecule has 0 fully saturated rings. The van der Waals surface area contributed by atoms with Crippen LogP contribution in [0.15, 0.2) is 96.0 Å². The van der Waals surface area contributed by atoms with E-state index in [1.165, 1.54) is 0 Å². The molecule has 0 unspecified atom stereocenters. The van der Waals surface area contributed by atoms with E-state index in [4.69, 9.17) is 19.6 Å². The van der Waals surface area contributed by atoms with Crippen LogP contribution in [0.3, 0.4) is 0 Å². The van der Waals surface area contributed by atoms with Gasteiger partial charge in [0.15, 0.2) is 11.6 Å². The first kappa shape index (κ1) is 28.0. The van der Waals surface area contributed by atoms with Crippen molar-refractivity contribution >= 4 is 17.9 Å². The van der Waals surface area contributed by atoms with Crippen LogP contribution >= 0.6 is 0 Å². The number of ether oxygens (including phenoxy) is 2. The van der Waals surface area contributed by atoms with Crippen LogP contribution in [0.5, 0.6) is 5.75 Å². The molecule has 4 N–H and O–H groups in total. The highest BCUT2D eigenvalue weighted by atomic mass is 16.5. The Balaban J connectivity index is 1.73. The predicted octanol–water partition coefficient (Wildman–Crippen LogP) is 3.28. The third-order valence-electron chi connectivity index (χ3n) is 6.45. The highest BCUT2D eigenvalue weighted by molar-refractivity contribution is 6.01. The van der Waals surface area contributed by atoms with E-state index in [-0.39, 0.29) is 13.0 Å². The number of carbonyl (C=O) groups is 1. The van der Waals surface area contributed by atoms with Crippen molar-refractivity contribution in [3.05, 3.63) is 108 Å². The molecule has 0 saturated heterocycles. The predicted molar refractivity (Wildman–Crippen MR) is 149 cm³/mol. The molecule has 8 heteroatoms. The zero-order valence-corrected chi connectivity index (χ0v) is 21.6. The molecule has 1 aliphatic rings. The van der Waals surface area contributed by atoms with Crippen LogP contribution in [-0.4, -0.2) is 65.1 Å². The Kier molecular flexibility index (Phi) is 9.85. The molecule has 0 aliphatic carbocycles. The van der Waals surface area contributed by atoms with Gasteiger partial charge in [-0.3, -0.25) is 4.79 Å². The van der Waals surface area contributed by atoms with Crippen LogP contribution in [0.1, 0.15) is 35.6 Å². The Morgan fingerprint density at radius 1 is 0.974 bits per heavy atom. The maximum absolute atomic E-state index is 13.9. The molecule has 0 aromatic heterocycles. The average molecular weight is 531 g/mol. The number of carbonyl (C=O) groups excluding carboxylic acids is 1. The molecule has 1 aliphatic heterocycles. The van der Waals surface area contributed by atoms with Crippen molar-refractivity contribution < 1.29 is 29.6 Å². The molecule has 2 atom stereocenters. The van der Waals surface area contributed by atoms with E-state index in [0.717, 1.165) is 11.1 Å². The second-order valence-electron chi connectivity index (χ2n) is 9.25. The molecule has 0 spiro atoms. The molecular weight excluding hydrogens is 496 g/mol. The van der Waals surface area contributed by atoms with Crippen molar-refractivity contribution in [3.8, 4) is 5.75 Å². The number of amides is 1. The molecule has 0 bridgehead atoms. The summed E-state index contributed by atoms with van der Waals surface area (Å²) < 4.78 is 12.1. The van der Waals surface area contributed by atoms with E-state index in [2.05, 4.69) is 5.32 Å². The summed E-state index contributed by atoms with van der Waals surface area (Å²) in [6.45, 7) is -0.371. The Morgan fingerprint density at radius 3 is 2.28 bits per heavy atom. The number of aliphatic imine (C=N–C) groups is 1. The molecule has 0 radical (unpaired) electrons. The van der Waals surface area contributed by atoms with Crippen LogP contribution in [0, 0.1) is 0 Å². The highest BCUT2D eigenvalue weighted by Gasteiger charge is 2.52. The normalized spacial score (nSPS) is 18.7. The molecule has 1 amide bonds. The fourth-order valence-corrected chi connectivity index (χ4v) is 4.34. The van der Waals surface area contributed by atoms with Gasteiger partial charge in [-0.15, -0.1) is 0 Å². The lowest BCUT2D eigenvalue weighted by molar-refractivity contribution is -0.130. The van der Waals surface area contributed by atoms with E-state index in [9.17, 15) is 15.0 Å². The van der Waals surface area contributed by atoms with Gasteiger partial charge in [0.1, 0.15) is 5.75 Å². The molecule has 4 rings (SSSR count). The van der Waals surface area contributed by atoms with Gasteiger partial charge in [-0.2, -0.15) is 0 Å². The summed E-state index contributed by atoms with van der Waals surface area (Å²) in [4.78, 5) is 18.8. The van der Waals surface area contributed by atoms with Crippen LogP contribution < -0.4 is 10.1 Å². The number of hydrogen-bond acceptors (Lipinski definition) is 7. The molecule has 3 aromatic carbocycles. The minimum absolute atomic E-state index is 0.0554. The smallest absolute Gasteiger partial charge is 0.253 e. The zero-order valence-electron chi connectivity index (χ0n) is 21.6. The van der Waals surface area contributed by atoms with Gasteiger partial charge in [0, 0.05) is 25.0 Å². The summed E-state index contributed by atoms with van der Waals surface area (Å²) in [5.74, 6) is 0.494. The van der Waals surface area contributed by atoms with Gasteiger partial charge in [-0.1, -0.05) is 72.8 Å². The lowest BCUT2D eigenvalue weighted by Gasteiger charge is -2.31. The molecule has 8 nitrogen and oxygen atoms in total. The van der Waals surface area contributed by atoms with Crippen molar-refractivity contribution in [2.45, 2.75) is 30.5 Å². The van der Waals surface area contributed by atoms with Crippen LogP contribution in [0.2, 0.25) is 0 Å². The molecule has 204 valence electrons. The monoisotopic (exact) mass is 530 g/mol. The van der Waals surface area contributed by atoms with Gasteiger partial charge in [0.2, 0.25) is 5.90 Å². The summed E-state index contributed by atoms with van der Waals surface area (Å²) >= 11 is 0. The van der Waals surface area contributed by atoms with Gasteiger partial charge in [0.25, 0.3) is 5.91 Å². The van der Waals surface area contributed by atoms with Crippen molar-refractivity contribution in [2.24, 2.45) is 4.99 Å². The second-order valence-corrected chi connectivity index (χ2v) is 9.25. The van der Waals surface area contributed by atoms with Gasteiger partial charge >= 0.3 is 0 Å². The third kappa shape index (κ3) is 6.92.